The fraction of sp³-hybridized carbons (Fsp3) is 0.130. The summed E-state index contributed by atoms with van der Waals surface area (Å²) in [4.78, 5) is 12.7. The largest absolute Gasteiger partial charge is 0.508 e. The monoisotopic (exact) mass is 454 g/mol. The van der Waals surface area contributed by atoms with Gasteiger partial charge in [-0.2, -0.15) is 9.57 Å². The summed E-state index contributed by atoms with van der Waals surface area (Å²) >= 11 is 6.25. The van der Waals surface area contributed by atoms with Crippen molar-refractivity contribution in [2.75, 3.05) is 10.6 Å². The van der Waals surface area contributed by atoms with Gasteiger partial charge in [-0.1, -0.05) is 52.2 Å². The van der Waals surface area contributed by atoms with Crippen molar-refractivity contribution in [3.8, 4) is 11.8 Å². The highest BCUT2D eigenvalue weighted by atomic mass is 35.5. The molecule has 2 N–H and O–H groups in total. The minimum absolute atomic E-state index is 0.0665. The van der Waals surface area contributed by atoms with Crippen molar-refractivity contribution in [1.82, 2.24) is 5.32 Å². The lowest BCUT2D eigenvalue weighted by Gasteiger charge is -2.18. The number of hydrogen-bond donors (Lipinski definition) is 2. The van der Waals surface area contributed by atoms with Gasteiger partial charge in [0.15, 0.2) is 11.0 Å². The standard InChI is InChI=1S/C23H20ClN3O3S/c1-31(30)27(15-16-5-3-2-4-6-16)21-11-19(10-20(24)12-21)23(29)26-14-18-8-7-17(13-25)9-22(18)28/h2-12,28H,14-15H2,1H3,(H,26,29)/p+1. The van der Waals surface area contributed by atoms with Crippen molar-refractivity contribution >= 4 is 34.2 Å². The average Bonchev–Trinajstić information content (AvgIpc) is 2.76. The number of phenolic OH excluding ortho intramolecular Hbond substituents is 1. The van der Waals surface area contributed by atoms with Gasteiger partial charge in [0.1, 0.15) is 12.0 Å². The molecule has 3 aromatic carbocycles. The quantitative estimate of drug-likeness (QED) is 0.415. The number of nitriles is 1. The molecule has 0 heterocycles. The Labute approximate surface area is 188 Å². The van der Waals surface area contributed by atoms with E-state index in [4.69, 9.17) is 16.9 Å². The molecule has 0 aliphatic heterocycles. The summed E-state index contributed by atoms with van der Waals surface area (Å²) in [6, 6.07) is 20.9. The Bertz CT molecular complexity index is 1160. The third-order valence-electron chi connectivity index (χ3n) is 4.61. The highest BCUT2D eigenvalue weighted by Gasteiger charge is 2.19. The zero-order chi connectivity index (χ0) is 22.4. The molecule has 0 aliphatic carbocycles. The van der Waals surface area contributed by atoms with Gasteiger partial charge in [0, 0.05) is 22.7 Å². The Kier molecular flexibility index (Phi) is 7.29. The number of hydrogen-bond acceptors (Lipinski definition) is 4. The summed E-state index contributed by atoms with van der Waals surface area (Å²) in [7, 11) is -1.73. The Balaban J connectivity index is 1.80. The van der Waals surface area contributed by atoms with Crippen molar-refractivity contribution < 1.29 is 14.1 Å². The molecular weight excluding hydrogens is 434 g/mol. The Morgan fingerprint density at radius 2 is 1.90 bits per heavy atom. The topological polar surface area (TPSA) is 93.4 Å². The van der Waals surface area contributed by atoms with Crippen LogP contribution in [0.1, 0.15) is 27.0 Å². The molecule has 1 atom stereocenters. The van der Waals surface area contributed by atoms with Gasteiger partial charge in [-0.3, -0.25) is 4.79 Å². The molecule has 0 bridgehead atoms. The van der Waals surface area contributed by atoms with E-state index in [0.717, 1.165) is 5.56 Å². The molecule has 8 heteroatoms. The minimum Gasteiger partial charge on any atom is -0.508 e. The van der Waals surface area contributed by atoms with Crippen molar-refractivity contribution in [3.05, 3.63) is 94.0 Å². The molecule has 31 heavy (non-hydrogen) atoms. The van der Waals surface area contributed by atoms with Crippen LogP contribution in [0.3, 0.4) is 0 Å². The summed E-state index contributed by atoms with van der Waals surface area (Å²) in [5, 5.41) is 22.0. The van der Waals surface area contributed by atoms with Crippen LogP contribution in [0.5, 0.6) is 5.75 Å². The fourth-order valence-electron chi connectivity index (χ4n) is 3.02. The van der Waals surface area contributed by atoms with Crippen molar-refractivity contribution in [3.63, 3.8) is 0 Å². The van der Waals surface area contributed by atoms with Crippen molar-refractivity contribution in [2.24, 2.45) is 0 Å². The molecule has 158 valence electrons. The van der Waals surface area contributed by atoms with E-state index >= 15 is 0 Å². The molecule has 0 saturated heterocycles. The number of carbonyl (C=O) groups is 1. The normalized spacial score (nSPS) is 11.4. The lowest BCUT2D eigenvalue weighted by atomic mass is 10.1. The molecule has 6 nitrogen and oxygen atoms in total. The predicted octanol–water partition coefficient (Wildman–Crippen LogP) is 4.09. The number of thiol groups is 1. The molecule has 0 aromatic heterocycles. The number of halogens is 1. The van der Waals surface area contributed by atoms with Crippen molar-refractivity contribution in [2.45, 2.75) is 13.1 Å². The van der Waals surface area contributed by atoms with Gasteiger partial charge in [-0.05, 0) is 35.9 Å². The third kappa shape index (κ3) is 5.85. The van der Waals surface area contributed by atoms with Crippen LogP contribution in [0.15, 0.2) is 66.7 Å². The fourth-order valence-corrected chi connectivity index (χ4v) is 4.06. The maximum Gasteiger partial charge on any atom is 0.251 e. The molecule has 0 radical (unpaired) electrons. The number of nitrogens with one attached hydrogen (secondary N) is 1. The maximum absolute atomic E-state index is 12.7. The molecule has 3 rings (SSSR count). The minimum atomic E-state index is -1.73. The van der Waals surface area contributed by atoms with Crippen LogP contribution in [0, 0.1) is 11.3 Å². The SMILES string of the molecule is C[SH+](=O)N(Cc1ccccc1)c1cc(Cl)cc(C(=O)NCc2ccc(C#N)cc2O)c1. The summed E-state index contributed by atoms with van der Waals surface area (Å²) < 4.78 is 14.1. The second-order valence-corrected chi connectivity index (χ2v) is 8.69. The van der Waals surface area contributed by atoms with E-state index in [-0.39, 0.29) is 12.3 Å². The first kappa shape index (κ1) is 22.3. The summed E-state index contributed by atoms with van der Waals surface area (Å²) in [6.45, 7) is 0.487. The van der Waals surface area contributed by atoms with Gasteiger partial charge >= 0.3 is 0 Å². The Morgan fingerprint density at radius 1 is 1.16 bits per heavy atom. The number of phenols is 1. The number of aromatic hydroxyl groups is 1. The van der Waals surface area contributed by atoms with Crippen LogP contribution < -0.4 is 9.62 Å². The summed E-state index contributed by atoms with van der Waals surface area (Å²) in [6.07, 6.45) is 1.60. The highest BCUT2D eigenvalue weighted by Crippen LogP contribution is 2.26. The molecular formula is C23H21ClN3O3S+. The summed E-state index contributed by atoms with van der Waals surface area (Å²) in [5.41, 5.74) is 2.68. The molecule has 3 aromatic rings. The number of rotatable bonds is 7. The van der Waals surface area contributed by atoms with Crippen LogP contribution >= 0.6 is 11.6 Å². The second-order valence-electron chi connectivity index (χ2n) is 6.84. The van der Waals surface area contributed by atoms with Gasteiger partial charge in [-0.25, -0.2) is 0 Å². The second kappa shape index (κ2) is 10.1. The van der Waals surface area contributed by atoms with Gasteiger partial charge in [0.2, 0.25) is 0 Å². The van der Waals surface area contributed by atoms with E-state index < -0.39 is 16.9 Å². The first-order valence-corrected chi connectivity index (χ1v) is 11.4. The lowest BCUT2D eigenvalue weighted by molar-refractivity contribution is 0.0950. The first-order chi connectivity index (χ1) is 14.9. The number of benzene rings is 3. The number of nitrogens with zero attached hydrogens (tertiary/aromatic N) is 2. The van der Waals surface area contributed by atoms with Crippen LogP contribution in [0.25, 0.3) is 0 Å². The number of amides is 1. The van der Waals surface area contributed by atoms with E-state index in [1.807, 2.05) is 36.4 Å². The van der Waals surface area contributed by atoms with Crippen LogP contribution in [-0.2, 0) is 28.3 Å². The van der Waals surface area contributed by atoms with Gasteiger partial charge < -0.3 is 10.4 Å². The van der Waals surface area contributed by atoms with E-state index in [2.05, 4.69) is 5.32 Å². The van der Waals surface area contributed by atoms with Crippen LogP contribution in [-0.4, -0.2) is 17.3 Å². The van der Waals surface area contributed by atoms with Gasteiger partial charge in [0.25, 0.3) is 5.91 Å². The van der Waals surface area contributed by atoms with E-state index in [9.17, 15) is 14.1 Å². The van der Waals surface area contributed by atoms with Gasteiger partial charge in [-0.15, -0.1) is 0 Å². The Morgan fingerprint density at radius 3 is 2.55 bits per heavy atom. The van der Waals surface area contributed by atoms with Crippen molar-refractivity contribution in [1.29, 1.82) is 5.26 Å². The number of carbonyl (C=O) groups excluding carboxylic acids is 1. The third-order valence-corrected chi connectivity index (χ3v) is 5.88. The highest BCUT2D eigenvalue weighted by molar-refractivity contribution is 7.85. The molecule has 0 aliphatic rings. The van der Waals surface area contributed by atoms with E-state index in [1.165, 1.54) is 12.1 Å². The summed E-state index contributed by atoms with van der Waals surface area (Å²) in [5.74, 6) is -0.457. The molecule has 0 spiro atoms. The first-order valence-electron chi connectivity index (χ1n) is 9.40. The zero-order valence-electron chi connectivity index (χ0n) is 16.7. The van der Waals surface area contributed by atoms with Gasteiger partial charge in [0.05, 0.1) is 23.9 Å². The zero-order valence-corrected chi connectivity index (χ0v) is 18.4. The van der Waals surface area contributed by atoms with Crippen LogP contribution in [0.2, 0.25) is 5.02 Å². The number of anilines is 1. The molecule has 1 unspecified atom stereocenters. The molecule has 1 amide bonds. The Hall–Kier alpha value is -3.34. The maximum atomic E-state index is 12.7. The van der Waals surface area contributed by atoms with E-state index in [0.29, 0.717) is 33.9 Å². The predicted molar refractivity (Wildman–Crippen MR) is 123 cm³/mol. The van der Waals surface area contributed by atoms with E-state index in [1.54, 1.807) is 34.8 Å². The molecule has 0 saturated carbocycles. The van der Waals surface area contributed by atoms with Crippen LogP contribution in [0.4, 0.5) is 5.69 Å². The smallest absolute Gasteiger partial charge is 0.251 e. The average molecular weight is 455 g/mol. The molecule has 0 fully saturated rings. The lowest BCUT2D eigenvalue weighted by Crippen LogP contribution is -2.26.